The molecule has 0 saturated heterocycles. The third kappa shape index (κ3) is 3.02. The van der Waals surface area contributed by atoms with Gasteiger partial charge in [0, 0.05) is 13.6 Å². The Bertz CT molecular complexity index is 511. The highest BCUT2D eigenvalue weighted by Gasteiger charge is 2.20. The molecule has 0 aromatic heterocycles. The molecule has 0 bridgehead atoms. The molecule has 0 aliphatic carbocycles. The van der Waals surface area contributed by atoms with Gasteiger partial charge in [0.1, 0.15) is 0 Å². The zero-order valence-corrected chi connectivity index (χ0v) is 9.98. The van der Waals surface area contributed by atoms with Crippen LogP contribution in [0.2, 0.25) is 0 Å². The van der Waals surface area contributed by atoms with Crippen molar-refractivity contribution in [1.29, 1.82) is 0 Å². The molecule has 0 spiro atoms. The van der Waals surface area contributed by atoms with E-state index in [1.807, 2.05) is 0 Å². The molecular formula is C10H12NO5S-. The lowest BCUT2D eigenvalue weighted by atomic mass is 10.2. The quantitative estimate of drug-likeness (QED) is 0.705. The molecule has 0 radical (unpaired) electrons. The van der Waals surface area contributed by atoms with E-state index in [0.29, 0.717) is 0 Å². The van der Waals surface area contributed by atoms with Crippen molar-refractivity contribution < 1.29 is 23.4 Å². The van der Waals surface area contributed by atoms with Crippen LogP contribution in [0.5, 0.6) is 0 Å². The summed E-state index contributed by atoms with van der Waals surface area (Å²) >= 11 is 0. The molecule has 1 aromatic rings. The fourth-order valence-electron chi connectivity index (χ4n) is 1.22. The first-order valence-electron chi connectivity index (χ1n) is 4.78. The summed E-state index contributed by atoms with van der Waals surface area (Å²) < 4.78 is 24.7. The van der Waals surface area contributed by atoms with Crippen LogP contribution in [-0.2, 0) is 10.0 Å². The Morgan fingerprint density at radius 1 is 1.47 bits per heavy atom. The molecule has 0 unspecified atom stereocenters. The van der Waals surface area contributed by atoms with Crippen molar-refractivity contribution in [3.63, 3.8) is 0 Å². The summed E-state index contributed by atoms with van der Waals surface area (Å²) in [5.74, 6) is -1.44. The third-order valence-electron chi connectivity index (χ3n) is 2.19. The van der Waals surface area contributed by atoms with E-state index in [9.17, 15) is 18.3 Å². The molecule has 0 amide bonds. The number of carboxylic acids is 1. The van der Waals surface area contributed by atoms with Gasteiger partial charge in [-0.2, -0.15) is 4.31 Å². The number of carbonyl (C=O) groups is 1. The normalized spacial score (nSPS) is 11.7. The number of carbonyl (C=O) groups excluding carboxylic acids is 1. The monoisotopic (exact) mass is 258 g/mol. The number of benzene rings is 1. The minimum absolute atomic E-state index is 0.0577. The van der Waals surface area contributed by atoms with Gasteiger partial charge in [0.2, 0.25) is 10.0 Å². The second-order valence-corrected chi connectivity index (χ2v) is 5.41. The third-order valence-corrected chi connectivity index (χ3v) is 4.05. The number of aromatic carboxylic acids is 1. The van der Waals surface area contributed by atoms with Gasteiger partial charge in [-0.3, -0.25) is 0 Å². The largest absolute Gasteiger partial charge is 0.545 e. The van der Waals surface area contributed by atoms with E-state index in [-0.39, 0.29) is 23.6 Å². The van der Waals surface area contributed by atoms with Gasteiger partial charge in [0.25, 0.3) is 0 Å². The molecule has 17 heavy (non-hydrogen) atoms. The fourth-order valence-corrected chi connectivity index (χ4v) is 2.43. The van der Waals surface area contributed by atoms with Crippen LogP contribution >= 0.6 is 0 Å². The Balaban J connectivity index is 3.15. The number of aliphatic hydroxyl groups excluding tert-OH is 1. The predicted octanol–water partition coefficient (Wildman–Crippen LogP) is -1.34. The molecule has 1 N–H and O–H groups in total. The van der Waals surface area contributed by atoms with Crippen molar-refractivity contribution in [3.8, 4) is 0 Å². The van der Waals surface area contributed by atoms with E-state index >= 15 is 0 Å². The smallest absolute Gasteiger partial charge is 0.242 e. The van der Waals surface area contributed by atoms with Crippen LogP contribution in [0.15, 0.2) is 29.2 Å². The van der Waals surface area contributed by atoms with Crippen molar-refractivity contribution in [1.82, 2.24) is 4.31 Å². The van der Waals surface area contributed by atoms with Crippen LogP contribution < -0.4 is 5.11 Å². The molecule has 94 valence electrons. The molecule has 1 rings (SSSR count). The molecule has 0 fully saturated rings. The Morgan fingerprint density at radius 3 is 2.65 bits per heavy atom. The van der Waals surface area contributed by atoms with Gasteiger partial charge >= 0.3 is 0 Å². The fraction of sp³-hybridized carbons (Fsp3) is 0.300. The number of aliphatic hydroxyl groups is 1. The van der Waals surface area contributed by atoms with Crippen molar-refractivity contribution >= 4 is 16.0 Å². The minimum atomic E-state index is -3.77. The van der Waals surface area contributed by atoms with Crippen molar-refractivity contribution in [2.75, 3.05) is 20.2 Å². The van der Waals surface area contributed by atoms with Crippen molar-refractivity contribution in [2.24, 2.45) is 0 Å². The number of rotatable bonds is 5. The molecule has 0 aliphatic heterocycles. The van der Waals surface area contributed by atoms with Crippen LogP contribution in [0.3, 0.4) is 0 Å². The summed E-state index contributed by atoms with van der Waals surface area (Å²) in [5, 5.41) is 19.3. The lowest BCUT2D eigenvalue weighted by molar-refractivity contribution is -0.255. The van der Waals surface area contributed by atoms with Crippen molar-refractivity contribution in [2.45, 2.75) is 4.90 Å². The van der Waals surface area contributed by atoms with E-state index in [2.05, 4.69) is 0 Å². The topological polar surface area (TPSA) is 97.7 Å². The minimum Gasteiger partial charge on any atom is -0.545 e. The maximum Gasteiger partial charge on any atom is 0.242 e. The van der Waals surface area contributed by atoms with E-state index < -0.39 is 16.0 Å². The summed E-state index contributed by atoms with van der Waals surface area (Å²) in [6.07, 6.45) is 0. The molecule has 1 aromatic carbocycles. The highest BCUT2D eigenvalue weighted by Crippen LogP contribution is 2.15. The molecule has 0 saturated carbocycles. The molecule has 0 heterocycles. The standard InChI is InChI=1S/C10H13NO5S/c1-11(5-6-12)17(15,16)9-4-2-3-8(7-9)10(13)14/h2-4,7,12H,5-6H2,1H3,(H,13,14)/p-1. The first-order valence-corrected chi connectivity index (χ1v) is 6.22. The van der Waals surface area contributed by atoms with Gasteiger partial charge in [-0.25, -0.2) is 8.42 Å². The summed E-state index contributed by atoms with van der Waals surface area (Å²) in [5.41, 5.74) is -0.205. The van der Waals surface area contributed by atoms with Crippen LogP contribution in [0.25, 0.3) is 0 Å². The zero-order valence-electron chi connectivity index (χ0n) is 9.16. The summed E-state index contributed by atoms with van der Waals surface area (Å²) in [6, 6.07) is 4.89. The first kappa shape index (κ1) is 13.6. The zero-order chi connectivity index (χ0) is 13.1. The molecule has 0 atom stereocenters. The van der Waals surface area contributed by atoms with Gasteiger partial charge in [0.15, 0.2) is 0 Å². The number of sulfonamides is 1. The highest BCUT2D eigenvalue weighted by molar-refractivity contribution is 7.89. The summed E-state index contributed by atoms with van der Waals surface area (Å²) in [7, 11) is -2.47. The lowest BCUT2D eigenvalue weighted by Gasteiger charge is -2.16. The van der Waals surface area contributed by atoms with Crippen LogP contribution in [0.1, 0.15) is 10.4 Å². The highest BCUT2D eigenvalue weighted by atomic mass is 32.2. The molecular weight excluding hydrogens is 246 g/mol. The average molecular weight is 258 g/mol. The summed E-state index contributed by atoms with van der Waals surface area (Å²) in [4.78, 5) is 10.5. The van der Waals surface area contributed by atoms with Gasteiger partial charge in [-0.05, 0) is 17.7 Å². The first-order chi connectivity index (χ1) is 7.89. The van der Waals surface area contributed by atoms with Crippen LogP contribution in [0, 0.1) is 0 Å². The van der Waals surface area contributed by atoms with Gasteiger partial charge < -0.3 is 15.0 Å². The molecule has 6 nitrogen and oxygen atoms in total. The second-order valence-electron chi connectivity index (χ2n) is 3.37. The van der Waals surface area contributed by atoms with Crippen LogP contribution in [-0.4, -0.2) is 44.0 Å². The second kappa shape index (κ2) is 5.26. The molecule has 7 heteroatoms. The Hall–Kier alpha value is -1.44. The van der Waals surface area contributed by atoms with Gasteiger partial charge in [-0.15, -0.1) is 0 Å². The number of carboxylic acid groups (broad SMARTS) is 1. The maximum absolute atomic E-state index is 11.9. The van der Waals surface area contributed by atoms with Crippen molar-refractivity contribution in [3.05, 3.63) is 29.8 Å². The number of likely N-dealkylation sites (N-methyl/N-ethyl adjacent to an activating group) is 1. The number of hydrogen-bond acceptors (Lipinski definition) is 5. The van der Waals surface area contributed by atoms with Crippen LogP contribution in [0.4, 0.5) is 0 Å². The Labute approximate surface area is 99.2 Å². The van der Waals surface area contributed by atoms with E-state index in [0.717, 1.165) is 10.4 Å². The summed E-state index contributed by atoms with van der Waals surface area (Å²) in [6.45, 7) is -0.367. The van der Waals surface area contributed by atoms with E-state index in [4.69, 9.17) is 5.11 Å². The van der Waals surface area contributed by atoms with Gasteiger partial charge in [0.05, 0.1) is 17.5 Å². The van der Waals surface area contributed by atoms with Gasteiger partial charge in [-0.1, -0.05) is 12.1 Å². The molecule has 0 aliphatic rings. The number of hydrogen-bond donors (Lipinski definition) is 1. The Kier molecular flexibility index (Phi) is 4.22. The lowest BCUT2D eigenvalue weighted by Crippen LogP contribution is -2.30. The predicted molar refractivity (Wildman–Crippen MR) is 57.7 cm³/mol. The SMILES string of the molecule is CN(CCO)S(=O)(=O)c1cccc(C(=O)[O-])c1. The average Bonchev–Trinajstić information content (AvgIpc) is 2.29. The Morgan fingerprint density at radius 2 is 2.12 bits per heavy atom. The number of nitrogens with zero attached hydrogens (tertiary/aromatic N) is 1. The van der Waals surface area contributed by atoms with E-state index in [1.54, 1.807) is 0 Å². The van der Waals surface area contributed by atoms with E-state index in [1.165, 1.54) is 25.2 Å². The maximum atomic E-state index is 11.9.